The van der Waals surface area contributed by atoms with Gasteiger partial charge in [-0.25, -0.2) is 13.2 Å². The van der Waals surface area contributed by atoms with E-state index in [9.17, 15) is 13.2 Å². The largest absolute Gasteiger partial charge is 0.330 e. The van der Waals surface area contributed by atoms with Gasteiger partial charge in [0.15, 0.2) is 0 Å². The third-order valence-electron chi connectivity index (χ3n) is 5.64. The van der Waals surface area contributed by atoms with Crippen LogP contribution < -0.4 is 5.73 Å². The number of allylic oxidation sites excluding steroid dienone is 3. The summed E-state index contributed by atoms with van der Waals surface area (Å²) in [6, 6.07) is 3.16. The van der Waals surface area contributed by atoms with Gasteiger partial charge in [-0.2, -0.15) is 5.10 Å². The molecule has 1 aromatic rings. The van der Waals surface area contributed by atoms with Crippen molar-refractivity contribution in [2.75, 3.05) is 6.54 Å². The molecule has 0 aromatic heterocycles. The predicted octanol–water partition coefficient (Wildman–Crippen LogP) is 6.68. The van der Waals surface area contributed by atoms with Gasteiger partial charge in [0.05, 0.1) is 16.9 Å². The average Bonchev–Trinajstić information content (AvgIpc) is 2.74. The van der Waals surface area contributed by atoms with E-state index in [4.69, 9.17) is 5.73 Å². The first-order valence-corrected chi connectivity index (χ1v) is 10.7. The van der Waals surface area contributed by atoms with Crippen molar-refractivity contribution in [1.82, 2.24) is 5.01 Å². The number of halogens is 3. The van der Waals surface area contributed by atoms with Crippen molar-refractivity contribution in [1.29, 1.82) is 0 Å². The smallest absolute Gasteiger partial charge is 0.138 e. The van der Waals surface area contributed by atoms with E-state index in [1.165, 1.54) is 11.9 Å². The van der Waals surface area contributed by atoms with Crippen molar-refractivity contribution in [2.24, 2.45) is 16.8 Å². The van der Waals surface area contributed by atoms with E-state index >= 15 is 0 Å². The highest BCUT2D eigenvalue weighted by Gasteiger charge is 2.43. The van der Waals surface area contributed by atoms with E-state index < -0.39 is 23.3 Å². The Morgan fingerprint density at radius 3 is 2.38 bits per heavy atom. The zero-order valence-corrected chi connectivity index (χ0v) is 20.1. The molecule has 0 amide bonds. The number of nitrogens with zero attached hydrogens (tertiary/aromatic N) is 2. The summed E-state index contributed by atoms with van der Waals surface area (Å²) in [7, 11) is 0. The van der Waals surface area contributed by atoms with Crippen LogP contribution >= 0.6 is 0 Å². The number of hydrogen-bond acceptors (Lipinski definition) is 3. The Morgan fingerprint density at radius 2 is 1.91 bits per heavy atom. The lowest BCUT2D eigenvalue weighted by molar-refractivity contribution is 0.118. The lowest BCUT2D eigenvalue weighted by atomic mass is 9.74. The minimum absolute atomic E-state index is 0.00424. The highest BCUT2D eigenvalue weighted by Crippen LogP contribution is 2.41. The van der Waals surface area contributed by atoms with Gasteiger partial charge in [-0.3, -0.25) is 5.01 Å². The highest BCUT2D eigenvalue weighted by atomic mass is 19.1. The summed E-state index contributed by atoms with van der Waals surface area (Å²) in [5, 5.41) is 6.11. The molecule has 1 aromatic carbocycles. The molecule has 0 aliphatic rings. The first-order valence-electron chi connectivity index (χ1n) is 10.7. The van der Waals surface area contributed by atoms with Crippen LogP contribution in [0.1, 0.15) is 53.5 Å². The molecule has 0 saturated carbocycles. The highest BCUT2D eigenvalue weighted by molar-refractivity contribution is 5.98. The second-order valence-electron chi connectivity index (χ2n) is 8.21. The number of rotatable bonds is 11. The zero-order chi connectivity index (χ0) is 24.6. The number of hydrogen-bond donors (Lipinski definition) is 1. The van der Waals surface area contributed by atoms with Crippen LogP contribution in [0.2, 0.25) is 0 Å². The van der Waals surface area contributed by atoms with Crippen molar-refractivity contribution in [3.8, 4) is 0 Å². The number of hydrazone groups is 1. The van der Waals surface area contributed by atoms with E-state index in [1.807, 2.05) is 39.8 Å². The minimum atomic E-state index is -1.43. The van der Waals surface area contributed by atoms with E-state index in [0.717, 1.165) is 29.3 Å². The topological polar surface area (TPSA) is 41.6 Å². The molecule has 0 bridgehead atoms. The Kier molecular flexibility index (Phi) is 10.2. The van der Waals surface area contributed by atoms with Gasteiger partial charge >= 0.3 is 0 Å². The standard InChI is InChI=1S/C26H36F3N3/c1-9-11-24(17(3)4)26(8,21(10-2)14-15-30)32(20(7)18(5)27)31-19(6)23-16-22(28)12-13-25(23)29/h9-13,16,18,21H,2,7,14-15,30H2,1,3-6,8H3/b11-9-,31-19+/t18?,21-,26?/m1/s1. The van der Waals surface area contributed by atoms with Crippen molar-refractivity contribution in [2.45, 2.75) is 59.7 Å². The minimum Gasteiger partial charge on any atom is -0.330 e. The molecular weight excluding hydrogens is 411 g/mol. The number of alkyl halides is 1. The summed E-state index contributed by atoms with van der Waals surface area (Å²) >= 11 is 0. The van der Waals surface area contributed by atoms with Crippen molar-refractivity contribution >= 4 is 5.71 Å². The molecule has 0 spiro atoms. The Labute approximate surface area is 190 Å². The fourth-order valence-electron chi connectivity index (χ4n) is 3.90. The molecule has 0 aliphatic carbocycles. The maximum absolute atomic E-state index is 14.6. The molecule has 6 heteroatoms. The van der Waals surface area contributed by atoms with Crippen molar-refractivity contribution in [3.05, 3.63) is 83.6 Å². The van der Waals surface area contributed by atoms with Gasteiger partial charge in [-0.1, -0.05) is 30.4 Å². The SMILES string of the molecule is C=C[C@H](CCN)C(C)(C(/C=C\C)=C(C)C)N(/N=C(\C)c1cc(F)ccc1F)C(=C)C(C)F. The molecule has 2 unspecified atom stereocenters. The molecule has 0 radical (unpaired) electrons. The molecular formula is C26H36F3N3. The molecule has 0 saturated heterocycles. The zero-order valence-electron chi connectivity index (χ0n) is 20.1. The van der Waals surface area contributed by atoms with Gasteiger partial charge < -0.3 is 5.73 Å². The van der Waals surface area contributed by atoms with Crippen LogP contribution in [0.3, 0.4) is 0 Å². The summed E-state index contributed by atoms with van der Waals surface area (Å²) in [4.78, 5) is 0. The molecule has 3 atom stereocenters. The van der Waals surface area contributed by atoms with E-state index in [-0.39, 0.29) is 22.9 Å². The molecule has 3 nitrogen and oxygen atoms in total. The molecule has 2 N–H and O–H groups in total. The molecule has 1 rings (SSSR count). The van der Waals surface area contributed by atoms with Crippen LogP contribution in [0.5, 0.6) is 0 Å². The lowest BCUT2D eigenvalue weighted by Gasteiger charge is -2.47. The number of nitrogens with two attached hydrogens (primary N) is 1. The molecule has 176 valence electrons. The summed E-state index contributed by atoms with van der Waals surface area (Å²) in [6.07, 6.45) is 4.73. The Bertz CT molecular complexity index is 911. The Hall–Kier alpha value is -2.60. The first kappa shape index (κ1) is 27.4. The normalized spacial score (nSPS) is 15.8. The third kappa shape index (κ3) is 6.00. The van der Waals surface area contributed by atoms with Gasteiger partial charge in [-0.05, 0) is 78.3 Å². The fourth-order valence-corrected chi connectivity index (χ4v) is 3.90. The number of benzene rings is 1. The van der Waals surface area contributed by atoms with Crippen molar-refractivity contribution < 1.29 is 13.2 Å². The quantitative estimate of drug-likeness (QED) is 0.178. The van der Waals surface area contributed by atoms with Gasteiger partial charge in [0, 0.05) is 11.5 Å². The van der Waals surface area contributed by atoms with E-state index in [1.54, 1.807) is 13.0 Å². The second kappa shape index (κ2) is 11.9. The molecule has 0 fully saturated rings. The Balaban J connectivity index is 3.96. The van der Waals surface area contributed by atoms with Crippen LogP contribution in [-0.4, -0.2) is 29.0 Å². The lowest BCUT2D eigenvalue weighted by Crippen LogP contribution is -2.51. The Morgan fingerprint density at radius 1 is 1.28 bits per heavy atom. The fraction of sp³-hybridized carbons (Fsp3) is 0.423. The maximum Gasteiger partial charge on any atom is 0.138 e. The molecule has 32 heavy (non-hydrogen) atoms. The van der Waals surface area contributed by atoms with Gasteiger partial charge in [0.25, 0.3) is 0 Å². The van der Waals surface area contributed by atoms with Crippen molar-refractivity contribution in [3.63, 3.8) is 0 Å². The summed E-state index contributed by atoms with van der Waals surface area (Å²) < 4.78 is 42.9. The summed E-state index contributed by atoms with van der Waals surface area (Å²) in [5.74, 6) is -1.45. The van der Waals surface area contributed by atoms with Crippen LogP contribution in [0.4, 0.5) is 13.2 Å². The van der Waals surface area contributed by atoms with Gasteiger partial charge in [-0.15, -0.1) is 6.58 Å². The van der Waals surface area contributed by atoms with E-state index in [0.29, 0.717) is 13.0 Å². The van der Waals surface area contributed by atoms with Gasteiger partial charge in [0.1, 0.15) is 17.8 Å². The van der Waals surface area contributed by atoms with Gasteiger partial charge in [0.2, 0.25) is 0 Å². The average molecular weight is 448 g/mol. The van der Waals surface area contributed by atoms with Crippen LogP contribution in [-0.2, 0) is 0 Å². The first-order chi connectivity index (χ1) is 14.9. The summed E-state index contributed by atoms with van der Waals surface area (Å²) in [6.45, 7) is 19.0. The predicted molar refractivity (Wildman–Crippen MR) is 129 cm³/mol. The summed E-state index contributed by atoms with van der Waals surface area (Å²) in [5.41, 5.74) is 7.11. The van der Waals surface area contributed by atoms with Crippen LogP contribution in [0.25, 0.3) is 0 Å². The second-order valence-corrected chi connectivity index (χ2v) is 8.21. The molecule has 0 heterocycles. The third-order valence-corrected chi connectivity index (χ3v) is 5.64. The monoisotopic (exact) mass is 447 g/mol. The molecule has 0 aliphatic heterocycles. The van der Waals surface area contributed by atoms with E-state index in [2.05, 4.69) is 18.3 Å². The van der Waals surface area contributed by atoms with Crippen LogP contribution in [0, 0.1) is 17.6 Å². The maximum atomic E-state index is 14.6. The van der Waals surface area contributed by atoms with Crippen LogP contribution in [0.15, 0.2) is 71.5 Å².